The highest BCUT2D eigenvalue weighted by molar-refractivity contribution is 6.00. The van der Waals surface area contributed by atoms with Gasteiger partial charge in [0.2, 0.25) is 0 Å². The van der Waals surface area contributed by atoms with Crippen LogP contribution in [0.4, 0.5) is 4.79 Å². The van der Waals surface area contributed by atoms with Gasteiger partial charge in [-0.1, -0.05) is 27.2 Å². The molecule has 2 aromatic heterocycles. The first-order chi connectivity index (χ1) is 28.4. The van der Waals surface area contributed by atoms with Gasteiger partial charge in [0, 0.05) is 74.1 Å². The maximum atomic E-state index is 14.9. The number of fused-ring (bicyclic) bond motifs is 1. The molecule has 15 heteroatoms. The summed E-state index contributed by atoms with van der Waals surface area (Å²) in [6.45, 7) is 13.3. The summed E-state index contributed by atoms with van der Waals surface area (Å²) in [5.41, 5.74) is -0.900. The highest BCUT2D eigenvalue weighted by Crippen LogP contribution is 2.47. The molecule has 1 N–H and O–H groups in total. The van der Waals surface area contributed by atoms with Crippen molar-refractivity contribution in [3.63, 3.8) is 0 Å². The molecule has 4 fully saturated rings. The molecule has 1 amide bonds. The first kappa shape index (κ1) is 45.8. The number of aliphatic hydroxyl groups excluding tert-OH is 1. The number of hydrogen-bond acceptors (Lipinski definition) is 13. The molecule has 1 saturated carbocycles. The van der Waals surface area contributed by atoms with Crippen LogP contribution in [0.2, 0.25) is 0 Å². The minimum atomic E-state index is -1.38. The summed E-state index contributed by atoms with van der Waals surface area (Å²) in [5, 5.41) is 11.5. The summed E-state index contributed by atoms with van der Waals surface area (Å²) in [4.78, 5) is 70.0. The van der Waals surface area contributed by atoms with E-state index in [9.17, 15) is 24.3 Å². The molecule has 4 aliphatic rings. The van der Waals surface area contributed by atoms with E-state index in [1.807, 2.05) is 62.7 Å². The Morgan fingerprint density at radius 2 is 1.72 bits per heavy atom. The number of aryl methyl sites for hydroxylation is 1. The number of aliphatic hydroxyl groups is 1. The van der Waals surface area contributed by atoms with Gasteiger partial charge in [-0.25, -0.2) is 9.78 Å². The van der Waals surface area contributed by atoms with Gasteiger partial charge in [0.15, 0.2) is 17.7 Å². The molecule has 0 spiro atoms. The summed E-state index contributed by atoms with van der Waals surface area (Å²) in [7, 11) is 5.27. The number of rotatable bonds is 11. The maximum absolute atomic E-state index is 14.9. The second-order valence-corrected chi connectivity index (χ2v) is 18.5. The second-order valence-electron chi connectivity index (χ2n) is 18.5. The number of aromatic nitrogens is 3. The van der Waals surface area contributed by atoms with Gasteiger partial charge >= 0.3 is 12.1 Å². The average Bonchev–Trinajstić information content (AvgIpc) is 3.78. The van der Waals surface area contributed by atoms with Gasteiger partial charge in [-0.3, -0.25) is 19.4 Å². The van der Waals surface area contributed by atoms with Gasteiger partial charge in [0.1, 0.15) is 23.9 Å². The second kappa shape index (κ2) is 18.7. The van der Waals surface area contributed by atoms with Crippen LogP contribution in [0, 0.1) is 29.6 Å². The summed E-state index contributed by atoms with van der Waals surface area (Å²) in [6, 6.07) is 2.78. The highest BCUT2D eigenvalue weighted by Gasteiger charge is 2.62. The highest BCUT2D eigenvalue weighted by atomic mass is 16.7. The number of hydrogen-bond donors (Lipinski definition) is 1. The molecule has 2 aromatic rings. The number of nitrogens with zero attached hydrogens (tertiary/aromatic N) is 5. The molecule has 0 aromatic carbocycles. The zero-order valence-electron chi connectivity index (χ0n) is 37.1. The Morgan fingerprint density at radius 3 is 2.35 bits per heavy atom. The van der Waals surface area contributed by atoms with Crippen LogP contribution in [-0.2, 0) is 44.6 Å². The van der Waals surface area contributed by atoms with Crippen LogP contribution in [0.5, 0.6) is 0 Å². The van der Waals surface area contributed by atoms with E-state index in [0.717, 1.165) is 30.5 Å². The zero-order chi connectivity index (χ0) is 43.7. The third kappa shape index (κ3) is 9.20. The molecule has 6 rings (SSSR count). The van der Waals surface area contributed by atoms with Gasteiger partial charge in [-0.05, 0) is 92.4 Å². The van der Waals surface area contributed by atoms with Crippen LogP contribution >= 0.6 is 0 Å². The number of amides is 1. The number of unbranched alkanes of at least 4 members (excludes halogenated alkanes) is 1. The van der Waals surface area contributed by atoms with E-state index in [4.69, 9.17) is 23.7 Å². The van der Waals surface area contributed by atoms with E-state index < -0.39 is 83.4 Å². The fourth-order valence-electron chi connectivity index (χ4n) is 10.2. The largest absolute Gasteiger partial charge is 0.457 e. The van der Waals surface area contributed by atoms with Gasteiger partial charge < -0.3 is 43.2 Å². The standard InChI is InChI=1S/C45H67N5O10/c1-26-22-44(6,56-10)39(59-42-37(53)34(48(8)9)21-27(2)57-42)29(4)36(52)30(5)41(54)58-40(31-15-13-16-31)45(7)38(28(3)35(26)51)50(43(55)60-45)20-12-11-19-49-24-33(47-25-49)32-17-14-18-46-23-32/h14,17-18,23-31,34,37-40,42,53H,11-13,15-16,19-22H2,1-10H3/t26-,27-,28+,29+,30-,34+,37-,38?,39-,40-,42?,44+,45+/m1/s1. The minimum Gasteiger partial charge on any atom is -0.457 e. The molecule has 3 aliphatic heterocycles. The van der Waals surface area contributed by atoms with Crippen molar-refractivity contribution >= 4 is 23.6 Å². The number of carbonyl (C=O) groups is 4. The normalized spacial score (nSPS) is 37.3. The number of pyridine rings is 1. The number of Topliss-reactive ketones (excluding diaryl/α,β-unsaturated/α-hetero) is 2. The van der Waals surface area contributed by atoms with E-state index in [1.165, 1.54) is 14.0 Å². The van der Waals surface area contributed by atoms with E-state index >= 15 is 0 Å². The van der Waals surface area contributed by atoms with Crippen LogP contribution in [0.1, 0.15) is 93.4 Å². The van der Waals surface area contributed by atoms with E-state index in [2.05, 4.69) is 9.97 Å². The van der Waals surface area contributed by atoms with Crippen molar-refractivity contribution in [2.45, 2.75) is 154 Å². The van der Waals surface area contributed by atoms with E-state index in [1.54, 1.807) is 44.4 Å². The number of carbonyl (C=O) groups excluding carboxylic acids is 4. The summed E-state index contributed by atoms with van der Waals surface area (Å²) in [6.07, 6.45) is 6.78. The monoisotopic (exact) mass is 837 g/mol. The quantitative estimate of drug-likeness (QED) is 0.175. The van der Waals surface area contributed by atoms with Crippen molar-refractivity contribution in [2.24, 2.45) is 29.6 Å². The maximum Gasteiger partial charge on any atom is 0.410 e. The molecular formula is C45H67N5O10. The molecular weight excluding hydrogens is 771 g/mol. The van der Waals surface area contributed by atoms with Crippen molar-refractivity contribution in [1.29, 1.82) is 0 Å². The third-order valence-corrected chi connectivity index (χ3v) is 13.9. The van der Waals surface area contributed by atoms with Gasteiger partial charge in [0.25, 0.3) is 0 Å². The number of methoxy groups -OCH3 is 1. The number of ether oxygens (including phenoxy) is 5. The number of esters is 1. The van der Waals surface area contributed by atoms with Crippen LogP contribution in [0.25, 0.3) is 11.3 Å². The average molecular weight is 838 g/mol. The molecule has 1 aliphatic carbocycles. The Balaban J connectivity index is 1.30. The van der Waals surface area contributed by atoms with Crippen LogP contribution in [-0.4, -0.2) is 135 Å². The van der Waals surface area contributed by atoms with Crippen LogP contribution in [0.3, 0.4) is 0 Å². The SMILES string of the molecule is CO[C@@]1(C)C[C@@H](C)C(=O)[C@H](C)C2N(CCCCn3cnc(-c4cccnc4)c3)C(=O)O[C@]2(C)[C@@H](C2CCC2)OC(=O)[C@H](C)C(=O)[C@H](C)[C@H]1OC1O[C@H](C)C[C@H](N(C)C)[C@H]1O. The fourth-order valence-corrected chi connectivity index (χ4v) is 10.2. The van der Waals surface area contributed by atoms with Gasteiger partial charge in [-0.2, -0.15) is 0 Å². The summed E-state index contributed by atoms with van der Waals surface area (Å²) in [5.74, 6) is -4.95. The van der Waals surface area contributed by atoms with E-state index in [0.29, 0.717) is 32.4 Å². The first-order valence-corrected chi connectivity index (χ1v) is 21.8. The molecule has 0 radical (unpaired) electrons. The molecule has 13 atom stereocenters. The molecule has 60 heavy (non-hydrogen) atoms. The van der Waals surface area contributed by atoms with Crippen molar-refractivity contribution in [3.8, 4) is 11.3 Å². The number of imidazole rings is 1. The smallest absolute Gasteiger partial charge is 0.410 e. The lowest BCUT2D eigenvalue weighted by atomic mass is 9.68. The molecule has 0 bridgehead atoms. The summed E-state index contributed by atoms with van der Waals surface area (Å²) >= 11 is 0. The van der Waals surface area contributed by atoms with Crippen LogP contribution in [0.15, 0.2) is 37.1 Å². The molecule has 2 unspecified atom stereocenters. The molecule has 3 saturated heterocycles. The lowest BCUT2D eigenvalue weighted by Gasteiger charge is -2.48. The van der Waals surface area contributed by atoms with Crippen LogP contribution < -0.4 is 0 Å². The van der Waals surface area contributed by atoms with E-state index in [-0.39, 0.29) is 30.3 Å². The van der Waals surface area contributed by atoms with Crippen molar-refractivity contribution in [1.82, 2.24) is 24.3 Å². The van der Waals surface area contributed by atoms with Crippen molar-refractivity contribution < 1.29 is 48.0 Å². The molecule has 15 nitrogen and oxygen atoms in total. The number of likely N-dealkylation sites (N-methyl/N-ethyl adjacent to an activating group) is 1. The Labute approximate surface area is 354 Å². The zero-order valence-corrected chi connectivity index (χ0v) is 37.1. The molecule has 332 valence electrons. The number of ketones is 2. The fraction of sp³-hybridized carbons (Fsp3) is 0.733. The Hall–Kier alpha value is -3.76. The first-order valence-electron chi connectivity index (χ1n) is 21.8. The van der Waals surface area contributed by atoms with Gasteiger partial charge in [0.05, 0.1) is 35.9 Å². The lowest BCUT2D eigenvalue weighted by Crippen LogP contribution is -2.61. The minimum absolute atomic E-state index is 0.124. The molecule has 5 heterocycles. The topological polar surface area (TPSA) is 172 Å². The lowest BCUT2D eigenvalue weighted by molar-refractivity contribution is -0.295. The third-order valence-electron chi connectivity index (χ3n) is 13.9. The van der Waals surface area contributed by atoms with Crippen molar-refractivity contribution in [3.05, 3.63) is 37.1 Å². The summed E-state index contributed by atoms with van der Waals surface area (Å²) < 4.78 is 33.8. The van der Waals surface area contributed by atoms with Crippen molar-refractivity contribution in [2.75, 3.05) is 27.7 Å². The Morgan fingerprint density at radius 1 is 1.00 bits per heavy atom. The number of cyclic esters (lactones) is 1. The predicted molar refractivity (Wildman–Crippen MR) is 221 cm³/mol. The Kier molecular flexibility index (Phi) is 14.3. The predicted octanol–water partition coefficient (Wildman–Crippen LogP) is 5.32. The van der Waals surface area contributed by atoms with Gasteiger partial charge in [-0.15, -0.1) is 0 Å². The Bertz CT molecular complexity index is 1820.